The van der Waals surface area contributed by atoms with Crippen LogP contribution in [0.2, 0.25) is 0 Å². The van der Waals surface area contributed by atoms with E-state index in [0.717, 1.165) is 10.6 Å². The van der Waals surface area contributed by atoms with E-state index in [1.165, 1.54) is 11.3 Å². The molecule has 2 heterocycles. The number of nitrogens with one attached hydrogen (secondary N) is 1. The highest BCUT2D eigenvalue weighted by atomic mass is 32.1. The van der Waals surface area contributed by atoms with Gasteiger partial charge in [0, 0.05) is 24.1 Å². The van der Waals surface area contributed by atoms with Gasteiger partial charge in [-0.25, -0.2) is 4.98 Å². The van der Waals surface area contributed by atoms with Gasteiger partial charge in [0.15, 0.2) is 0 Å². The van der Waals surface area contributed by atoms with Crippen molar-refractivity contribution in [3.8, 4) is 10.6 Å². The summed E-state index contributed by atoms with van der Waals surface area (Å²) in [5.74, 6) is -0.218. The van der Waals surface area contributed by atoms with E-state index in [0.29, 0.717) is 18.7 Å². The molecule has 2 N–H and O–H groups in total. The van der Waals surface area contributed by atoms with Gasteiger partial charge in [0.05, 0.1) is 6.26 Å². The Hall–Kier alpha value is -1.66. The molecule has 0 aliphatic heterocycles. The van der Waals surface area contributed by atoms with Crippen molar-refractivity contribution < 1.29 is 14.3 Å². The zero-order valence-electron chi connectivity index (χ0n) is 9.05. The highest BCUT2D eigenvalue weighted by Crippen LogP contribution is 2.23. The maximum Gasteiger partial charge on any atom is 0.270 e. The molecule has 0 saturated heterocycles. The fourth-order valence-corrected chi connectivity index (χ4v) is 2.05. The number of amides is 1. The van der Waals surface area contributed by atoms with Crippen LogP contribution in [0.25, 0.3) is 10.6 Å². The second-order valence-corrected chi connectivity index (χ2v) is 4.24. The largest absolute Gasteiger partial charge is 0.472 e. The first-order valence-corrected chi connectivity index (χ1v) is 6.06. The molecule has 2 rings (SSSR count). The standard InChI is InChI=1S/C11H12N2O3S/c14-4-1-3-12-10(15)9-7-17-11(13-9)8-2-5-16-6-8/h2,5-7,14H,1,3-4H2,(H,12,15). The number of aliphatic hydroxyl groups is 1. The Labute approximate surface area is 102 Å². The number of hydrogen-bond acceptors (Lipinski definition) is 5. The number of rotatable bonds is 5. The molecule has 0 aromatic carbocycles. The number of hydrogen-bond donors (Lipinski definition) is 2. The van der Waals surface area contributed by atoms with E-state index >= 15 is 0 Å². The number of thiazole rings is 1. The Bertz CT molecular complexity index is 479. The van der Waals surface area contributed by atoms with Crippen LogP contribution in [0.15, 0.2) is 28.4 Å². The Balaban J connectivity index is 2.01. The van der Waals surface area contributed by atoms with Gasteiger partial charge in [-0.05, 0) is 12.5 Å². The van der Waals surface area contributed by atoms with Crippen molar-refractivity contribution in [3.05, 3.63) is 29.7 Å². The van der Waals surface area contributed by atoms with Crippen LogP contribution in [0.5, 0.6) is 0 Å². The van der Waals surface area contributed by atoms with Crippen LogP contribution in [0.1, 0.15) is 16.9 Å². The lowest BCUT2D eigenvalue weighted by Gasteiger charge is -2.00. The third-order valence-electron chi connectivity index (χ3n) is 2.13. The van der Waals surface area contributed by atoms with Crippen LogP contribution in [-0.4, -0.2) is 29.1 Å². The van der Waals surface area contributed by atoms with Gasteiger partial charge in [-0.2, -0.15) is 0 Å². The number of aromatic nitrogens is 1. The van der Waals surface area contributed by atoms with Crippen molar-refractivity contribution in [2.45, 2.75) is 6.42 Å². The molecule has 0 fully saturated rings. The molecule has 2 aromatic heterocycles. The first-order valence-electron chi connectivity index (χ1n) is 5.18. The summed E-state index contributed by atoms with van der Waals surface area (Å²) in [5, 5.41) is 13.7. The number of aliphatic hydroxyl groups excluding tert-OH is 1. The fraction of sp³-hybridized carbons (Fsp3) is 0.273. The molecular formula is C11H12N2O3S. The normalized spacial score (nSPS) is 10.4. The summed E-state index contributed by atoms with van der Waals surface area (Å²) in [4.78, 5) is 15.8. The SMILES string of the molecule is O=C(NCCCO)c1csc(-c2ccoc2)n1. The smallest absolute Gasteiger partial charge is 0.270 e. The van der Waals surface area contributed by atoms with Crippen molar-refractivity contribution in [2.75, 3.05) is 13.2 Å². The van der Waals surface area contributed by atoms with E-state index in [2.05, 4.69) is 10.3 Å². The Morgan fingerprint density at radius 2 is 2.47 bits per heavy atom. The zero-order valence-corrected chi connectivity index (χ0v) is 9.87. The first kappa shape index (κ1) is 11.8. The molecule has 0 aliphatic rings. The number of nitrogens with zero attached hydrogens (tertiary/aromatic N) is 1. The monoisotopic (exact) mass is 252 g/mol. The van der Waals surface area contributed by atoms with Crippen LogP contribution in [0, 0.1) is 0 Å². The van der Waals surface area contributed by atoms with E-state index in [1.807, 2.05) is 0 Å². The first-order chi connectivity index (χ1) is 8.31. The van der Waals surface area contributed by atoms with Gasteiger partial charge in [-0.1, -0.05) is 0 Å². The van der Waals surface area contributed by atoms with Gasteiger partial charge >= 0.3 is 0 Å². The number of carbonyl (C=O) groups excluding carboxylic acids is 1. The average Bonchev–Trinajstić information content (AvgIpc) is 3.00. The van der Waals surface area contributed by atoms with Gasteiger partial charge in [0.2, 0.25) is 0 Å². The minimum Gasteiger partial charge on any atom is -0.472 e. The van der Waals surface area contributed by atoms with Gasteiger partial charge < -0.3 is 14.8 Å². The molecular weight excluding hydrogens is 240 g/mol. The minimum atomic E-state index is -0.218. The van der Waals surface area contributed by atoms with Gasteiger partial charge in [0.25, 0.3) is 5.91 Å². The third kappa shape index (κ3) is 2.92. The Morgan fingerprint density at radius 3 is 3.18 bits per heavy atom. The van der Waals surface area contributed by atoms with Crippen molar-refractivity contribution in [2.24, 2.45) is 0 Å². The fourth-order valence-electron chi connectivity index (χ4n) is 1.27. The molecule has 6 heteroatoms. The molecule has 1 amide bonds. The zero-order chi connectivity index (χ0) is 12.1. The van der Waals surface area contributed by atoms with Crippen molar-refractivity contribution in [1.29, 1.82) is 0 Å². The van der Waals surface area contributed by atoms with Crippen molar-refractivity contribution in [1.82, 2.24) is 10.3 Å². The van der Waals surface area contributed by atoms with E-state index < -0.39 is 0 Å². The molecule has 17 heavy (non-hydrogen) atoms. The summed E-state index contributed by atoms with van der Waals surface area (Å²) in [7, 11) is 0. The molecule has 0 saturated carbocycles. The summed E-state index contributed by atoms with van der Waals surface area (Å²) in [6.45, 7) is 0.519. The number of furan rings is 1. The Kier molecular flexibility index (Phi) is 3.89. The number of carbonyl (C=O) groups is 1. The summed E-state index contributed by atoms with van der Waals surface area (Å²) in [6, 6.07) is 1.80. The lowest BCUT2D eigenvalue weighted by molar-refractivity contribution is 0.0947. The second-order valence-electron chi connectivity index (χ2n) is 3.38. The molecule has 0 spiro atoms. The van der Waals surface area contributed by atoms with Crippen molar-refractivity contribution in [3.63, 3.8) is 0 Å². The molecule has 5 nitrogen and oxygen atoms in total. The van der Waals surface area contributed by atoms with Crippen LogP contribution < -0.4 is 5.32 Å². The quantitative estimate of drug-likeness (QED) is 0.791. The Morgan fingerprint density at radius 1 is 1.59 bits per heavy atom. The van der Waals surface area contributed by atoms with Gasteiger partial charge in [0.1, 0.15) is 17.0 Å². The van der Waals surface area contributed by atoms with Crippen LogP contribution in [-0.2, 0) is 0 Å². The van der Waals surface area contributed by atoms with Crippen LogP contribution in [0.3, 0.4) is 0 Å². The van der Waals surface area contributed by atoms with E-state index in [9.17, 15) is 4.79 Å². The van der Waals surface area contributed by atoms with Crippen LogP contribution in [0.4, 0.5) is 0 Å². The summed E-state index contributed by atoms with van der Waals surface area (Å²) >= 11 is 1.39. The van der Waals surface area contributed by atoms with Gasteiger partial charge in [-0.15, -0.1) is 11.3 Å². The molecule has 2 aromatic rings. The lowest BCUT2D eigenvalue weighted by atomic mass is 10.3. The van der Waals surface area contributed by atoms with E-state index in [4.69, 9.17) is 9.52 Å². The highest BCUT2D eigenvalue weighted by Gasteiger charge is 2.11. The highest BCUT2D eigenvalue weighted by molar-refractivity contribution is 7.13. The maximum absolute atomic E-state index is 11.6. The average molecular weight is 252 g/mol. The minimum absolute atomic E-state index is 0.0671. The van der Waals surface area contributed by atoms with E-state index in [1.54, 1.807) is 24.0 Å². The molecule has 0 bridgehead atoms. The second kappa shape index (κ2) is 5.60. The third-order valence-corrected chi connectivity index (χ3v) is 3.02. The molecule has 0 unspecified atom stereocenters. The topological polar surface area (TPSA) is 75.4 Å². The maximum atomic E-state index is 11.6. The molecule has 90 valence electrons. The summed E-state index contributed by atoms with van der Waals surface area (Å²) in [5.41, 5.74) is 1.26. The van der Waals surface area contributed by atoms with Crippen molar-refractivity contribution >= 4 is 17.2 Å². The lowest BCUT2D eigenvalue weighted by Crippen LogP contribution is -2.25. The van der Waals surface area contributed by atoms with E-state index in [-0.39, 0.29) is 12.5 Å². The molecule has 0 aliphatic carbocycles. The summed E-state index contributed by atoms with van der Waals surface area (Å²) in [6.07, 6.45) is 3.70. The van der Waals surface area contributed by atoms with Crippen LogP contribution >= 0.6 is 11.3 Å². The predicted molar refractivity (Wildman–Crippen MR) is 63.9 cm³/mol. The summed E-state index contributed by atoms with van der Waals surface area (Å²) < 4.78 is 4.96. The molecule has 0 atom stereocenters. The molecule has 0 radical (unpaired) electrons. The van der Waals surface area contributed by atoms with Gasteiger partial charge in [-0.3, -0.25) is 4.79 Å². The predicted octanol–water partition coefficient (Wildman–Crippen LogP) is 1.52.